The third-order valence-electron chi connectivity index (χ3n) is 4.91. The summed E-state index contributed by atoms with van der Waals surface area (Å²) in [6.07, 6.45) is -1.83. The minimum absolute atomic E-state index is 0.175. The molecular weight excluding hydrogens is 444 g/mol. The molecule has 0 N–H and O–H groups in total. The maximum atomic E-state index is 14.2. The highest BCUT2D eigenvalue weighted by molar-refractivity contribution is 6.03. The molecule has 0 bridgehead atoms. The number of imide groups is 1. The van der Waals surface area contributed by atoms with Crippen LogP contribution in [0.1, 0.15) is 72.4 Å². The number of rotatable bonds is 4. The molecule has 7 nitrogen and oxygen atoms in total. The van der Waals surface area contributed by atoms with Crippen molar-refractivity contribution >= 4 is 23.8 Å². The van der Waals surface area contributed by atoms with Gasteiger partial charge in [0.1, 0.15) is 11.2 Å². The molecule has 2 rings (SSSR count). The third kappa shape index (κ3) is 7.84. The van der Waals surface area contributed by atoms with E-state index in [9.17, 15) is 14.4 Å². The second kappa shape index (κ2) is 10.9. The first kappa shape index (κ1) is 27.9. The number of carbonyl (C=O) groups is 3. The van der Waals surface area contributed by atoms with Gasteiger partial charge in [-0.25, -0.2) is 9.59 Å². The van der Waals surface area contributed by atoms with E-state index in [1.165, 1.54) is 0 Å². The Morgan fingerprint density at radius 2 is 1.23 bits per heavy atom. The van der Waals surface area contributed by atoms with Crippen LogP contribution in [-0.4, -0.2) is 34.3 Å². The summed E-state index contributed by atoms with van der Waals surface area (Å²) in [6.45, 7) is 16.0. The van der Waals surface area contributed by atoms with E-state index < -0.39 is 35.2 Å². The number of aryl methyl sites for hydroxylation is 1. The maximum Gasteiger partial charge on any atom is 0.437 e. The standard InChI is InChI=1S/C28H38N2O5/c1-19(2)23(21-17-15-20(3)16-18-21)24(31)30(26(33)35-28(7,8)9)29(22-13-11-10-12-14-22)25(32)34-27(4,5)6/h10-19,23H,1-9H3. The molecule has 0 spiro atoms. The Labute approximate surface area is 209 Å². The van der Waals surface area contributed by atoms with Gasteiger partial charge in [0, 0.05) is 0 Å². The molecule has 0 aliphatic carbocycles. The molecule has 0 aliphatic heterocycles. The molecule has 2 aromatic rings. The molecule has 1 unspecified atom stereocenters. The van der Waals surface area contributed by atoms with E-state index in [1.54, 1.807) is 71.9 Å². The van der Waals surface area contributed by atoms with Crippen LogP contribution < -0.4 is 5.01 Å². The van der Waals surface area contributed by atoms with Gasteiger partial charge in [0.25, 0.3) is 5.91 Å². The summed E-state index contributed by atoms with van der Waals surface area (Å²) in [7, 11) is 0. The van der Waals surface area contributed by atoms with Crippen LogP contribution >= 0.6 is 0 Å². The lowest BCUT2D eigenvalue weighted by molar-refractivity contribution is -0.133. The zero-order chi connectivity index (χ0) is 26.6. The molecule has 7 heteroatoms. The van der Waals surface area contributed by atoms with Crippen LogP contribution in [0, 0.1) is 12.8 Å². The Hall–Kier alpha value is -3.35. The molecule has 0 aliphatic rings. The number of nitrogens with zero attached hydrogens (tertiary/aromatic N) is 2. The fourth-order valence-electron chi connectivity index (χ4n) is 3.47. The maximum absolute atomic E-state index is 14.2. The largest absolute Gasteiger partial charge is 0.442 e. The predicted molar refractivity (Wildman–Crippen MR) is 137 cm³/mol. The molecule has 0 radical (unpaired) electrons. The minimum Gasteiger partial charge on any atom is -0.442 e. The van der Waals surface area contributed by atoms with Crippen LogP contribution in [0.25, 0.3) is 0 Å². The first-order chi connectivity index (χ1) is 16.1. The van der Waals surface area contributed by atoms with Gasteiger partial charge in [-0.05, 0) is 72.1 Å². The molecule has 0 heterocycles. The molecular formula is C28H38N2O5. The summed E-state index contributed by atoms with van der Waals surface area (Å²) < 4.78 is 11.2. The SMILES string of the molecule is Cc1ccc(C(C(=O)N(C(=O)OC(C)(C)C)N(C(=O)OC(C)(C)C)c2ccccc2)C(C)C)cc1. The van der Waals surface area contributed by atoms with Gasteiger partial charge in [-0.2, -0.15) is 5.01 Å². The van der Waals surface area contributed by atoms with Crippen molar-refractivity contribution in [2.24, 2.45) is 5.92 Å². The molecule has 35 heavy (non-hydrogen) atoms. The summed E-state index contributed by atoms with van der Waals surface area (Å²) in [5.74, 6) is -1.48. The average molecular weight is 483 g/mol. The number of anilines is 1. The third-order valence-corrected chi connectivity index (χ3v) is 4.91. The van der Waals surface area contributed by atoms with Crippen molar-refractivity contribution in [1.82, 2.24) is 5.01 Å². The molecule has 190 valence electrons. The van der Waals surface area contributed by atoms with E-state index >= 15 is 0 Å². The monoisotopic (exact) mass is 482 g/mol. The quantitative estimate of drug-likeness (QED) is 0.445. The summed E-state index contributed by atoms with van der Waals surface area (Å²) >= 11 is 0. The Morgan fingerprint density at radius 1 is 0.743 bits per heavy atom. The van der Waals surface area contributed by atoms with E-state index in [2.05, 4.69) is 0 Å². The van der Waals surface area contributed by atoms with Gasteiger partial charge in [0.05, 0.1) is 11.6 Å². The first-order valence-electron chi connectivity index (χ1n) is 11.8. The van der Waals surface area contributed by atoms with Gasteiger partial charge in [-0.3, -0.25) is 4.79 Å². The molecule has 0 fully saturated rings. The molecule has 0 saturated carbocycles. The fourth-order valence-corrected chi connectivity index (χ4v) is 3.47. The van der Waals surface area contributed by atoms with Gasteiger partial charge in [-0.15, -0.1) is 5.01 Å². The van der Waals surface area contributed by atoms with Crippen LogP contribution in [0.5, 0.6) is 0 Å². The summed E-state index contributed by atoms with van der Waals surface area (Å²) in [4.78, 5) is 41.1. The van der Waals surface area contributed by atoms with E-state index in [-0.39, 0.29) is 5.92 Å². The number of hydrogen-bond donors (Lipinski definition) is 0. The van der Waals surface area contributed by atoms with Crippen molar-refractivity contribution in [3.05, 3.63) is 65.7 Å². The molecule has 2 aromatic carbocycles. The van der Waals surface area contributed by atoms with Crippen molar-refractivity contribution in [2.75, 3.05) is 5.01 Å². The van der Waals surface area contributed by atoms with Gasteiger partial charge in [0.2, 0.25) is 0 Å². The highest BCUT2D eigenvalue weighted by Crippen LogP contribution is 2.31. The lowest BCUT2D eigenvalue weighted by Crippen LogP contribution is -2.57. The lowest BCUT2D eigenvalue weighted by Gasteiger charge is -2.37. The zero-order valence-corrected chi connectivity index (χ0v) is 22.3. The fraction of sp³-hybridized carbons (Fsp3) is 0.464. The van der Waals surface area contributed by atoms with Crippen molar-refractivity contribution in [2.45, 2.75) is 79.4 Å². The molecule has 3 amide bonds. The number of hydrazine groups is 1. The van der Waals surface area contributed by atoms with E-state index in [1.807, 2.05) is 45.0 Å². The van der Waals surface area contributed by atoms with Crippen LogP contribution in [-0.2, 0) is 14.3 Å². The number of ether oxygens (including phenoxy) is 2. The number of amides is 3. The average Bonchev–Trinajstić information content (AvgIpc) is 2.71. The summed E-state index contributed by atoms with van der Waals surface area (Å²) in [6, 6.07) is 16.0. The highest BCUT2D eigenvalue weighted by atomic mass is 16.6. The molecule has 0 saturated heterocycles. The van der Waals surface area contributed by atoms with Gasteiger partial charge in [0.15, 0.2) is 0 Å². The predicted octanol–water partition coefficient (Wildman–Crippen LogP) is 6.86. The van der Waals surface area contributed by atoms with E-state index in [0.29, 0.717) is 5.69 Å². The van der Waals surface area contributed by atoms with Crippen molar-refractivity contribution in [3.63, 3.8) is 0 Å². The summed E-state index contributed by atoms with van der Waals surface area (Å²) in [5, 5.41) is 1.74. The normalized spacial score (nSPS) is 12.6. The highest BCUT2D eigenvalue weighted by Gasteiger charge is 2.42. The zero-order valence-electron chi connectivity index (χ0n) is 22.3. The smallest absolute Gasteiger partial charge is 0.437 e. The topological polar surface area (TPSA) is 76.2 Å². The second-order valence-electron chi connectivity index (χ2n) is 10.9. The van der Waals surface area contributed by atoms with Crippen molar-refractivity contribution in [3.8, 4) is 0 Å². The van der Waals surface area contributed by atoms with Crippen LogP contribution in [0.2, 0.25) is 0 Å². The van der Waals surface area contributed by atoms with Crippen molar-refractivity contribution in [1.29, 1.82) is 0 Å². The number of benzene rings is 2. The van der Waals surface area contributed by atoms with Gasteiger partial charge < -0.3 is 9.47 Å². The van der Waals surface area contributed by atoms with Crippen LogP contribution in [0.15, 0.2) is 54.6 Å². The van der Waals surface area contributed by atoms with Crippen LogP contribution in [0.4, 0.5) is 15.3 Å². The van der Waals surface area contributed by atoms with E-state index in [0.717, 1.165) is 21.1 Å². The lowest BCUT2D eigenvalue weighted by atomic mass is 9.87. The van der Waals surface area contributed by atoms with Crippen molar-refractivity contribution < 1.29 is 23.9 Å². The van der Waals surface area contributed by atoms with E-state index in [4.69, 9.17) is 9.47 Å². The minimum atomic E-state index is -0.963. The molecule has 1 atom stereocenters. The summed E-state index contributed by atoms with van der Waals surface area (Å²) in [5.41, 5.74) is 0.325. The number of hydrogen-bond acceptors (Lipinski definition) is 5. The van der Waals surface area contributed by atoms with Crippen LogP contribution in [0.3, 0.4) is 0 Å². The van der Waals surface area contributed by atoms with Gasteiger partial charge in [-0.1, -0.05) is 61.9 Å². The van der Waals surface area contributed by atoms with Gasteiger partial charge >= 0.3 is 12.2 Å². The Bertz CT molecular complexity index is 1020. The number of para-hydroxylation sites is 1. The first-order valence-corrected chi connectivity index (χ1v) is 11.8. The second-order valence-corrected chi connectivity index (χ2v) is 10.9. The number of carbonyl (C=O) groups excluding carboxylic acids is 3. The Morgan fingerprint density at radius 3 is 1.69 bits per heavy atom. The Balaban J connectivity index is 2.70. The Kier molecular flexibility index (Phi) is 8.71. The molecule has 0 aromatic heterocycles.